The van der Waals surface area contributed by atoms with Crippen molar-refractivity contribution in [3.05, 3.63) is 22.4 Å². The number of guanidine groups is 1. The number of halogens is 1. The Morgan fingerprint density at radius 3 is 2.75 bits per heavy atom. The van der Waals surface area contributed by atoms with Crippen LogP contribution in [0.2, 0.25) is 0 Å². The summed E-state index contributed by atoms with van der Waals surface area (Å²) >= 11 is 3.50. The van der Waals surface area contributed by atoms with Crippen molar-refractivity contribution >= 4 is 21.9 Å². The molecule has 1 aromatic heterocycles. The van der Waals surface area contributed by atoms with E-state index in [1.807, 2.05) is 7.05 Å². The van der Waals surface area contributed by atoms with E-state index in [1.54, 1.807) is 0 Å². The molecule has 5 nitrogen and oxygen atoms in total. The summed E-state index contributed by atoms with van der Waals surface area (Å²) in [6.45, 7) is 5.58. The van der Waals surface area contributed by atoms with Gasteiger partial charge in [0.25, 0.3) is 0 Å². The maximum Gasteiger partial charge on any atom is 0.193 e. The van der Waals surface area contributed by atoms with Crippen molar-refractivity contribution in [3.8, 4) is 0 Å². The third-order valence-electron chi connectivity index (χ3n) is 3.62. The van der Waals surface area contributed by atoms with Crippen LogP contribution in [0, 0.1) is 5.41 Å². The SMILES string of the molecule is CN=C(NCC1(C)COC1)N(C)Cc1cc(Br)cn1C. The molecule has 1 N–H and O–H groups in total. The summed E-state index contributed by atoms with van der Waals surface area (Å²) in [6.07, 6.45) is 2.06. The normalized spacial score (nSPS) is 17.8. The van der Waals surface area contributed by atoms with Crippen LogP contribution in [0.1, 0.15) is 12.6 Å². The monoisotopic (exact) mass is 342 g/mol. The number of hydrogen-bond acceptors (Lipinski definition) is 2. The summed E-state index contributed by atoms with van der Waals surface area (Å²) in [6, 6.07) is 2.13. The number of aromatic nitrogens is 1. The molecule has 0 bridgehead atoms. The van der Waals surface area contributed by atoms with Crippen LogP contribution in [0.4, 0.5) is 0 Å². The first-order chi connectivity index (χ1) is 9.43. The van der Waals surface area contributed by atoms with Crippen molar-refractivity contribution in [1.29, 1.82) is 0 Å². The highest BCUT2D eigenvalue weighted by atomic mass is 79.9. The Morgan fingerprint density at radius 1 is 1.60 bits per heavy atom. The van der Waals surface area contributed by atoms with Crippen LogP contribution in [0.25, 0.3) is 0 Å². The van der Waals surface area contributed by atoms with Crippen molar-refractivity contribution in [2.45, 2.75) is 13.5 Å². The predicted molar refractivity (Wildman–Crippen MR) is 84.9 cm³/mol. The molecule has 1 saturated heterocycles. The van der Waals surface area contributed by atoms with Crippen LogP contribution in [-0.4, -0.2) is 49.3 Å². The molecule has 0 atom stereocenters. The highest BCUT2D eigenvalue weighted by Gasteiger charge is 2.33. The van der Waals surface area contributed by atoms with E-state index in [9.17, 15) is 0 Å². The topological polar surface area (TPSA) is 41.8 Å². The standard InChI is InChI=1S/C14H23BrN4O/c1-14(9-20-10-14)8-17-13(16-2)19(4)7-12-5-11(15)6-18(12)3/h5-6H,7-10H2,1-4H3,(H,16,17). The third-order valence-corrected chi connectivity index (χ3v) is 4.06. The van der Waals surface area contributed by atoms with Gasteiger partial charge >= 0.3 is 0 Å². The molecule has 1 fully saturated rings. The molecular weight excluding hydrogens is 320 g/mol. The smallest absolute Gasteiger partial charge is 0.193 e. The molecule has 6 heteroatoms. The minimum atomic E-state index is 0.241. The van der Waals surface area contributed by atoms with Crippen molar-refractivity contribution < 1.29 is 4.74 Å². The van der Waals surface area contributed by atoms with E-state index < -0.39 is 0 Å². The van der Waals surface area contributed by atoms with Crippen LogP contribution in [0.3, 0.4) is 0 Å². The average Bonchev–Trinajstić information content (AvgIpc) is 2.66. The van der Waals surface area contributed by atoms with E-state index in [1.165, 1.54) is 5.69 Å². The largest absolute Gasteiger partial charge is 0.380 e. The van der Waals surface area contributed by atoms with E-state index in [0.717, 1.165) is 36.7 Å². The fraction of sp³-hybridized carbons (Fsp3) is 0.643. The molecule has 0 aliphatic carbocycles. The van der Waals surface area contributed by atoms with Crippen molar-refractivity contribution in [3.63, 3.8) is 0 Å². The Kier molecular flexibility index (Phi) is 4.75. The average molecular weight is 343 g/mol. The number of ether oxygens (including phenoxy) is 1. The first kappa shape index (κ1) is 15.4. The van der Waals surface area contributed by atoms with Gasteiger partial charge in [0.1, 0.15) is 0 Å². The minimum absolute atomic E-state index is 0.241. The molecule has 1 aliphatic rings. The summed E-state index contributed by atoms with van der Waals surface area (Å²) in [5.74, 6) is 0.912. The zero-order chi connectivity index (χ0) is 14.8. The van der Waals surface area contributed by atoms with Crippen molar-refractivity contribution in [2.24, 2.45) is 17.5 Å². The number of nitrogens with one attached hydrogen (secondary N) is 1. The summed E-state index contributed by atoms with van der Waals surface area (Å²) in [5.41, 5.74) is 1.48. The Hall–Kier alpha value is -1.01. The van der Waals surface area contributed by atoms with Crippen LogP contribution in [0.15, 0.2) is 21.7 Å². The van der Waals surface area contributed by atoms with E-state index in [0.29, 0.717) is 0 Å². The molecule has 1 aliphatic heterocycles. The molecule has 20 heavy (non-hydrogen) atoms. The fourth-order valence-corrected chi connectivity index (χ4v) is 2.84. The highest BCUT2D eigenvalue weighted by molar-refractivity contribution is 9.10. The van der Waals surface area contributed by atoms with Gasteiger partial charge in [-0.25, -0.2) is 0 Å². The van der Waals surface area contributed by atoms with Gasteiger partial charge in [-0.3, -0.25) is 4.99 Å². The van der Waals surface area contributed by atoms with E-state index in [2.05, 4.69) is 69.0 Å². The summed E-state index contributed by atoms with van der Waals surface area (Å²) in [7, 11) is 5.92. The summed E-state index contributed by atoms with van der Waals surface area (Å²) in [5, 5.41) is 3.43. The second kappa shape index (κ2) is 6.18. The van der Waals surface area contributed by atoms with E-state index in [-0.39, 0.29) is 5.41 Å². The first-order valence-corrected chi connectivity index (χ1v) is 7.53. The Bertz CT molecular complexity index is 493. The van der Waals surface area contributed by atoms with Gasteiger partial charge in [-0.15, -0.1) is 0 Å². The Morgan fingerprint density at radius 2 is 2.30 bits per heavy atom. The Labute approximate surface area is 129 Å². The summed E-state index contributed by atoms with van der Waals surface area (Å²) in [4.78, 5) is 6.48. The summed E-state index contributed by atoms with van der Waals surface area (Å²) < 4.78 is 8.50. The molecule has 0 saturated carbocycles. The van der Waals surface area contributed by atoms with Crippen LogP contribution in [0.5, 0.6) is 0 Å². The van der Waals surface area contributed by atoms with Gasteiger partial charge in [-0.1, -0.05) is 6.92 Å². The minimum Gasteiger partial charge on any atom is -0.380 e. The Balaban J connectivity index is 1.92. The number of aliphatic imine (C=N–C) groups is 1. The van der Waals surface area contributed by atoms with Crippen LogP contribution in [-0.2, 0) is 18.3 Å². The molecule has 2 heterocycles. The predicted octanol–water partition coefficient (Wildman–Crippen LogP) is 1.83. The fourth-order valence-electron chi connectivity index (χ4n) is 2.27. The van der Waals surface area contributed by atoms with Gasteiger partial charge in [0, 0.05) is 49.5 Å². The zero-order valence-corrected chi connectivity index (χ0v) is 14.2. The van der Waals surface area contributed by atoms with Gasteiger partial charge in [0.2, 0.25) is 0 Å². The van der Waals surface area contributed by atoms with E-state index in [4.69, 9.17) is 4.74 Å². The quantitative estimate of drug-likeness (QED) is 0.670. The van der Waals surface area contributed by atoms with Crippen LogP contribution < -0.4 is 5.32 Å². The molecular formula is C14H23BrN4O. The maximum atomic E-state index is 5.28. The highest BCUT2D eigenvalue weighted by Crippen LogP contribution is 2.25. The van der Waals surface area contributed by atoms with Gasteiger partial charge < -0.3 is 19.5 Å². The van der Waals surface area contributed by atoms with Gasteiger partial charge in [0.05, 0.1) is 19.8 Å². The van der Waals surface area contributed by atoms with Crippen LogP contribution >= 0.6 is 15.9 Å². The number of rotatable bonds is 4. The lowest BCUT2D eigenvalue weighted by atomic mass is 9.89. The number of hydrogen-bond donors (Lipinski definition) is 1. The molecule has 2 rings (SSSR count). The number of aryl methyl sites for hydroxylation is 1. The molecule has 1 aromatic rings. The molecule has 0 aromatic carbocycles. The van der Waals surface area contributed by atoms with E-state index >= 15 is 0 Å². The lowest BCUT2D eigenvalue weighted by Crippen LogP contribution is -2.51. The van der Waals surface area contributed by atoms with Gasteiger partial charge in [-0.05, 0) is 22.0 Å². The second-order valence-corrected chi connectivity index (χ2v) is 6.74. The molecule has 0 amide bonds. The van der Waals surface area contributed by atoms with Gasteiger partial charge in [0.15, 0.2) is 5.96 Å². The lowest BCUT2D eigenvalue weighted by Gasteiger charge is -2.39. The van der Waals surface area contributed by atoms with Crippen molar-refractivity contribution in [1.82, 2.24) is 14.8 Å². The lowest BCUT2D eigenvalue weighted by molar-refractivity contribution is -0.0972. The molecule has 0 radical (unpaired) electrons. The molecule has 112 valence electrons. The third kappa shape index (κ3) is 3.55. The maximum absolute atomic E-state index is 5.28. The number of nitrogens with zero attached hydrogens (tertiary/aromatic N) is 3. The van der Waals surface area contributed by atoms with Gasteiger partial charge in [-0.2, -0.15) is 0 Å². The zero-order valence-electron chi connectivity index (χ0n) is 12.6. The second-order valence-electron chi connectivity index (χ2n) is 5.82. The molecule has 0 spiro atoms. The first-order valence-electron chi connectivity index (χ1n) is 6.74. The molecule has 0 unspecified atom stereocenters. The van der Waals surface area contributed by atoms with Crippen molar-refractivity contribution in [2.75, 3.05) is 33.9 Å².